The summed E-state index contributed by atoms with van der Waals surface area (Å²) in [6.07, 6.45) is 0. The van der Waals surface area contributed by atoms with Gasteiger partial charge in [0, 0.05) is 22.5 Å². The van der Waals surface area contributed by atoms with Crippen LogP contribution in [-0.4, -0.2) is 14.5 Å². The van der Waals surface area contributed by atoms with Crippen LogP contribution in [0, 0.1) is 6.92 Å². The topological polar surface area (TPSA) is 30.7 Å². The summed E-state index contributed by atoms with van der Waals surface area (Å²) in [5.74, 6) is 1.05. The third-order valence-electron chi connectivity index (χ3n) is 4.22. The van der Waals surface area contributed by atoms with Gasteiger partial charge >= 0.3 is 0 Å². The van der Waals surface area contributed by atoms with Gasteiger partial charge in [0.1, 0.15) is 10.8 Å². The minimum absolute atomic E-state index is 0.390. The van der Waals surface area contributed by atoms with Gasteiger partial charge in [-0.25, -0.2) is 9.97 Å². The zero-order valence-corrected chi connectivity index (χ0v) is 14.8. The third-order valence-corrected chi connectivity index (χ3v) is 5.09. The number of para-hydroxylation sites is 1. The van der Waals surface area contributed by atoms with Crippen molar-refractivity contribution >= 4 is 22.4 Å². The monoisotopic (exact) mass is 333 g/mol. The molecule has 0 aliphatic carbocycles. The highest BCUT2D eigenvalue weighted by Gasteiger charge is 2.16. The van der Waals surface area contributed by atoms with E-state index in [1.54, 1.807) is 11.3 Å². The maximum Gasteiger partial charge on any atom is 0.126 e. The number of benzene rings is 2. The average molecular weight is 333 g/mol. The fraction of sp³-hybridized carbons (Fsp3) is 0.200. The summed E-state index contributed by atoms with van der Waals surface area (Å²) in [7, 11) is 0. The number of aromatic nitrogens is 3. The Morgan fingerprint density at radius 2 is 1.75 bits per heavy atom. The predicted octanol–water partition coefficient (Wildman–Crippen LogP) is 5.72. The van der Waals surface area contributed by atoms with Crippen LogP contribution in [-0.2, 0) is 0 Å². The van der Waals surface area contributed by atoms with Gasteiger partial charge in [-0.1, -0.05) is 36.4 Å². The molecule has 0 bridgehead atoms. The zero-order valence-electron chi connectivity index (χ0n) is 14.0. The summed E-state index contributed by atoms with van der Waals surface area (Å²) >= 11 is 1.68. The minimum atomic E-state index is 0.390. The SMILES string of the molecule is Cc1nc2c(-c3nc(-c4ccccc4)cs3)cccc2n1C(C)C. The average Bonchev–Trinajstić information content (AvgIpc) is 3.19. The number of rotatable bonds is 3. The number of fused-ring (bicyclic) bond motifs is 1. The maximum absolute atomic E-state index is 4.85. The molecule has 0 fully saturated rings. The second kappa shape index (κ2) is 5.87. The van der Waals surface area contributed by atoms with E-state index in [0.29, 0.717) is 6.04 Å². The van der Waals surface area contributed by atoms with Crippen molar-refractivity contribution in [2.75, 3.05) is 0 Å². The molecule has 0 saturated heterocycles. The van der Waals surface area contributed by atoms with Crippen molar-refractivity contribution in [3.8, 4) is 21.8 Å². The number of aryl methyl sites for hydroxylation is 1. The second-order valence-corrected chi connectivity index (χ2v) is 7.06. The van der Waals surface area contributed by atoms with Crippen LogP contribution in [0.4, 0.5) is 0 Å². The van der Waals surface area contributed by atoms with Crippen LogP contribution in [0.2, 0.25) is 0 Å². The second-order valence-electron chi connectivity index (χ2n) is 6.20. The summed E-state index contributed by atoms with van der Waals surface area (Å²) in [6.45, 7) is 6.45. The van der Waals surface area contributed by atoms with E-state index in [4.69, 9.17) is 9.97 Å². The number of imidazole rings is 1. The van der Waals surface area contributed by atoms with Gasteiger partial charge in [0.2, 0.25) is 0 Å². The first-order valence-corrected chi connectivity index (χ1v) is 9.02. The Kier molecular flexibility index (Phi) is 3.69. The number of thiazole rings is 1. The van der Waals surface area contributed by atoms with Crippen molar-refractivity contribution in [2.45, 2.75) is 26.8 Å². The molecule has 0 spiro atoms. The molecule has 2 heterocycles. The van der Waals surface area contributed by atoms with Gasteiger partial charge in [-0.3, -0.25) is 0 Å². The largest absolute Gasteiger partial charge is 0.326 e. The van der Waals surface area contributed by atoms with Crippen molar-refractivity contribution in [3.63, 3.8) is 0 Å². The first-order chi connectivity index (χ1) is 11.6. The molecule has 0 aliphatic rings. The van der Waals surface area contributed by atoms with Crippen molar-refractivity contribution in [1.29, 1.82) is 0 Å². The summed E-state index contributed by atoms with van der Waals surface area (Å²) in [5, 5.41) is 3.14. The van der Waals surface area contributed by atoms with E-state index < -0.39 is 0 Å². The first kappa shape index (κ1) is 15.1. The van der Waals surface area contributed by atoms with Gasteiger partial charge < -0.3 is 4.57 Å². The molecule has 4 heteroatoms. The summed E-state index contributed by atoms with van der Waals surface area (Å²) in [6, 6.07) is 17.1. The highest BCUT2D eigenvalue weighted by Crippen LogP contribution is 2.34. The number of nitrogens with zero attached hydrogens (tertiary/aromatic N) is 3. The highest BCUT2D eigenvalue weighted by atomic mass is 32.1. The number of hydrogen-bond acceptors (Lipinski definition) is 3. The highest BCUT2D eigenvalue weighted by molar-refractivity contribution is 7.13. The van der Waals surface area contributed by atoms with E-state index in [-0.39, 0.29) is 0 Å². The van der Waals surface area contributed by atoms with Gasteiger partial charge in [-0.15, -0.1) is 11.3 Å². The lowest BCUT2D eigenvalue weighted by molar-refractivity contribution is 0.600. The molecule has 120 valence electrons. The van der Waals surface area contributed by atoms with Gasteiger partial charge in [0.05, 0.1) is 16.7 Å². The van der Waals surface area contributed by atoms with E-state index in [9.17, 15) is 0 Å². The molecule has 0 aliphatic heterocycles. The van der Waals surface area contributed by atoms with E-state index in [2.05, 4.69) is 61.1 Å². The lowest BCUT2D eigenvalue weighted by Crippen LogP contribution is -2.02. The Hall–Kier alpha value is -2.46. The van der Waals surface area contributed by atoms with Gasteiger partial charge in [-0.2, -0.15) is 0 Å². The van der Waals surface area contributed by atoms with Crippen molar-refractivity contribution in [3.05, 3.63) is 59.7 Å². The first-order valence-electron chi connectivity index (χ1n) is 8.14. The molecule has 0 radical (unpaired) electrons. The standard InChI is InChI=1S/C20H19N3S/c1-13(2)23-14(3)21-19-16(10-7-11-18(19)23)20-22-17(12-24-20)15-8-5-4-6-9-15/h4-13H,1-3H3. The van der Waals surface area contributed by atoms with Crippen LogP contribution >= 0.6 is 11.3 Å². The maximum atomic E-state index is 4.85. The molecule has 2 aromatic carbocycles. The summed E-state index contributed by atoms with van der Waals surface area (Å²) in [5.41, 5.74) is 5.50. The molecule has 4 rings (SSSR count). The lowest BCUT2D eigenvalue weighted by atomic mass is 10.1. The molecule has 0 unspecified atom stereocenters. The van der Waals surface area contributed by atoms with Gasteiger partial charge in [0.25, 0.3) is 0 Å². The van der Waals surface area contributed by atoms with Crippen LogP contribution in [0.3, 0.4) is 0 Å². The van der Waals surface area contributed by atoms with Crippen molar-refractivity contribution in [2.24, 2.45) is 0 Å². The third kappa shape index (κ3) is 2.43. The molecule has 0 N–H and O–H groups in total. The Balaban J connectivity index is 1.86. The molecule has 0 atom stereocenters. The molecule has 2 aromatic heterocycles. The Morgan fingerprint density at radius 1 is 0.958 bits per heavy atom. The van der Waals surface area contributed by atoms with Crippen molar-refractivity contribution < 1.29 is 0 Å². The molecule has 3 nitrogen and oxygen atoms in total. The van der Waals surface area contributed by atoms with Crippen LogP contribution in [0.1, 0.15) is 25.7 Å². The Labute approximate surface area is 145 Å². The molecule has 24 heavy (non-hydrogen) atoms. The van der Waals surface area contributed by atoms with Crippen LogP contribution in [0.5, 0.6) is 0 Å². The van der Waals surface area contributed by atoms with E-state index in [0.717, 1.165) is 33.2 Å². The fourth-order valence-electron chi connectivity index (χ4n) is 3.20. The number of hydrogen-bond donors (Lipinski definition) is 0. The van der Waals surface area contributed by atoms with E-state index in [1.165, 1.54) is 5.52 Å². The summed E-state index contributed by atoms with van der Waals surface area (Å²) < 4.78 is 2.28. The van der Waals surface area contributed by atoms with Crippen LogP contribution < -0.4 is 0 Å². The normalized spacial score (nSPS) is 11.5. The molecule has 4 aromatic rings. The van der Waals surface area contributed by atoms with Crippen LogP contribution in [0.15, 0.2) is 53.9 Å². The van der Waals surface area contributed by atoms with Gasteiger partial charge in [0.15, 0.2) is 0 Å². The zero-order chi connectivity index (χ0) is 16.7. The molecular weight excluding hydrogens is 314 g/mol. The predicted molar refractivity (Wildman–Crippen MR) is 101 cm³/mol. The Bertz CT molecular complexity index is 996. The quantitative estimate of drug-likeness (QED) is 0.480. The molecular formula is C20H19N3S. The minimum Gasteiger partial charge on any atom is -0.326 e. The van der Waals surface area contributed by atoms with E-state index >= 15 is 0 Å². The van der Waals surface area contributed by atoms with Gasteiger partial charge in [-0.05, 0) is 32.9 Å². The smallest absolute Gasteiger partial charge is 0.126 e. The molecule has 0 amide bonds. The lowest BCUT2D eigenvalue weighted by Gasteiger charge is -2.10. The van der Waals surface area contributed by atoms with Crippen LogP contribution in [0.25, 0.3) is 32.9 Å². The summed E-state index contributed by atoms with van der Waals surface area (Å²) in [4.78, 5) is 9.68. The van der Waals surface area contributed by atoms with E-state index in [1.807, 2.05) is 18.2 Å². The molecule has 0 saturated carbocycles. The fourth-order valence-corrected chi connectivity index (χ4v) is 4.05. The Morgan fingerprint density at radius 3 is 2.50 bits per heavy atom. The van der Waals surface area contributed by atoms with Crippen molar-refractivity contribution in [1.82, 2.24) is 14.5 Å².